The van der Waals surface area contributed by atoms with Crippen molar-refractivity contribution in [2.75, 3.05) is 0 Å². The summed E-state index contributed by atoms with van der Waals surface area (Å²) in [7, 11) is 0. The number of hydrogen-bond acceptors (Lipinski definition) is 2. The van der Waals surface area contributed by atoms with Gasteiger partial charge < -0.3 is 14.7 Å². The maximum atomic E-state index is 13.1. The molecule has 0 spiro atoms. The van der Waals surface area contributed by atoms with Crippen LogP contribution in [0.25, 0.3) is 33.1 Å². The van der Waals surface area contributed by atoms with Gasteiger partial charge in [-0.15, -0.1) is 0 Å². The Hall–Kier alpha value is -2.77. The number of halogens is 4. The molecule has 0 aliphatic carbocycles. The highest BCUT2D eigenvalue weighted by molar-refractivity contribution is 6.37. The van der Waals surface area contributed by atoms with Crippen molar-refractivity contribution in [2.45, 2.75) is 25.7 Å². The number of pyridine rings is 1. The molecule has 8 heteroatoms. The van der Waals surface area contributed by atoms with Gasteiger partial charge in [0.2, 0.25) is 5.56 Å². The summed E-state index contributed by atoms with van der Waals surface area (Å²) in [4.78, 5) is 14.5. The lowest BCUT2D eigenvalue weighted by Gasteiger charge is -2.18. The lowest BCUT2D eigenvalue weighted by molar-refractivity contribution is -0.207. The number of benzene rings is 2. The van der Waals surface area contributed by atoms with Crippen LogP contribution in [0.1, 0.15) is 5.56 Å². The van der Waals surface area contributed by atoms with Crippen LogP contribution in [0.4, 0.5) is 13.2 Å². The summed E-state index contributed by atoms with van der Waals surface area (Å²) in [5.74, 6) is 0. The molecule has 0 aliphatic heterocycles. The predicted molar refractivity (Wildman–Crippen MR) is 107 cm³/mol. The van der Waals surface area contributed by atoms with Crippen LogP contribution in [0, 0.1) is 6.92 Å². The van der Waals surface area contributed by atoms with E-state index in [1.165, 1.54) is 10.6 Å². The summed E-state index contributed by atoms with van der Waals surface area (Å²) in [6.07, 6.45) is -7.28. The van der Waals surface area contributed by atoms with Crippen molar-refractivity contribution in [3.63, 3.8) is 0 Å². The SMILES string of the molecule is Cc1c(-c2ccccc2)n(C[C@H](O)C(F)(F)F)c2ccc3[nH]c(=O)cc(Cl)c3c12. The van der Waals surface area contributed by atoms with Gasteiger partial charge in [0.15, 0.2) is 6.10 Å². The van der Waals surface area contributed by atoms with Gasteiger partial charge >= 0.3 is 6.18 Å². The summed E-state index contributed by atoms with van der Waals surface area (Å²) in [6.45, 7) is 1.13. The minimum atomic E-state index is -4.75. The molecule has 0 unspecified atom stereocenters. The van der Waals surface area contributed by atoms with E-state index in [0.717, 1.165) is 0 Å². The van der Waals surface area contributed by atoms with Crippen molar-refractivity contribution in [1.29, 1.82) is 0 Å². The first-order chi connectivity index (χ1) is 13.7. The fraction of sp³-hybridized carbons (Fsp3) is 0.190. The molecule has 2 aromatic carbocycles. The number of aromatic amines is 1. The van der Waals surface area contributed by atoms with Gasteiger partial charge in [-0.3, -0.25) is 4.79 Å². The van der Waals surface area contributed by atoms with E-state index in [0.29, 0.717) is 38.6 Å². The molecule has 0 saturated carbocycles. The number of aryl methyl sites for hydroxylation is 1. The van der Waals surface area contributed by atoms with E-state index in [1.807, 2.05) is 6.07 Å². The Morgan fingerprint density at radius 3 is 2.48 bits per heavy atom. The van der Waals surface area contributed by atoms with Gasteiger partial charge in [-0.1, -0.05) is 41.9 Å². The number of aromatic nitrogens is 2. The first-order valence-electron chi connectivity index (χ1n) is 8.83. The molecule has 0 fully saturated rings. The first kappa shape index (κ1) is 19.5. The molecular weight excluding hydrogens is 405 g/mol. The molecule has 1 atom stereocenters. The minimum absolute atomic E-state index is 0.214. The number of hydrogen-bond donors (Lipinski definition) is 2. The van der Waals surface area contributed by atoms with Crippen LogP contribution >= 0.6 is 11.6 Å². The monoisotopic (exact) mass is 420 g/mol. The van der Waals surface area contributed by atoms with Crippen LogP contribution in [0.3, 0.4) is 0 Å². The lowest BCUT2D eigenvalue weighted by atomic mass is 10.0. The summed E-state index contributed by atoms with van der Waals surface area (Å²) >= 11 is 6.34. The third kappa shape index (κ3) is 3.30. The quantitative estimate of drug-likeness (QED) is 0.488. The Morgan fingerprint density at radius 2 is 1.83 bits per heavy atom. The average Bonchev–Trinajstić information content (AvgIpc) is 2.93. The number of H-pyrrole nitrogens is 1. The Labute approximate surface area is 168 Å². The summed E-state index contributed by atoms with van der Waals surface area (Å²) in [6, 6.07) is 13.5. The lowest BCUT2D eigenvalue weighted by Crippen LogP contribution is -2.33. The second-order valence-electron chi connectivity index (χ2n) is 6.87. The van der Waals surface area contributed by atoms with Crippen molar-refractivity contribution >= 4 is 33.4 Å². The van der Waals surface area contributed by atoms with Gasteiger partial charge in [-0.2, -0.15) is 13.2 Å². The molecule has 29 heavy (non-hydrogen) atoms. The molecule has 4 nitrogen and oxygen atoms in total. The van der Waals surface area contributed by atoms with Gasteiger partial charge in [-0.25, -0.2) is 0 Å². The largest absolute Gasteiger partial charge is 0.416 e. The van der Waals surface area contributed by atoms with Crippen LogP contribution in [0.15, 0.2) is 53.3 Å². The van der Waals surface area contributed by atoms with E-state index in [4.69, 9.17) is 11.6 Å². The zero-order valence-electron chi connectivity index (χ0n) is 15.2. The second-order valence-corrected chi connectivity index (χ2v) is 7.28. The zero-order valence-corrected chi connectivity index (χ0v) is 16.0. The molecule has 2 aromatic heterocycles. The van der Waals surface area contributed by atoms with Gasteiger partial charge in [0.1, 0.15) is 0 Å². The number of aliphatic hydroxyl groups excluding tert-OH is 1. The molecule has 0 radical (unpaired) electrons. The summed E-state index contributed by atoms with van der Waals surface area (Å²) < 4.78 is 40.8. The standard InChI is InChI=1S/C21H16ClF3N2O2/c1-11-18-15(8-7-14-19(18)13(22)9-17(29)26-14)27(10-16(28)21(23,24)25)20(11)12-5-3-2-4-6-12/h2-9,16,28H,10H2,1H3,(H,26,29)/t16-/m0/s1. The van der Waals surface area contributed by atoms with E-state index in [-0.39, 0.29) is 10.6 Å². The first-order valence-corrected chi connectivity index (χ1v) is 9.21. The molecule has 0 aliphatic rings. The number of fused-ring (bicyclic) bond motifs is 3. The van der Waals surface area contributed by atoms with Crippen LogP contribution in [-0.4, -0.2) is 26.9 Å². The zero-order chi connectivity index (χ0) is 20.9. The van der Waals surface area contributed by atoms with E-state index in [9.17, 15) is 23.1 Å². The highest BCUT2D eigenvalue weighted by Crippen LogP contribution is 2.39. The molecule has 0 amide bonds. The Morgan fingerprint density at radius 1 is 1.14 bits per heavy atom. The third-order valence-corrected chi connectivity index (χ3v) is 5.31. The highest BCUT2D eigenvalue weighted by Gasteiger charge is 2.39. The molecule has 4 rings (SSSR count). The number of nitrogens with zero attached hydrogens (tertiary/aromatic N) is 1. The number of rotatable bonds is 3. The number of aliphatic hydroxyl groups is 1. The smallest absolute Gasteiger partial charge is 0.382 e. The molecule has 2 heterocycles. The van der Waals surface area contributed by atoms with Crippen molar-refractivity contribution in [2.24, 2.45) is 0 Å². The fourth-order valence-corrected chi connectivity index (χ4v) is 4.08. The number of alkyl halides is 3. The molecule has 150 valence electrons. The van der Waals surface area contributed by atoms with Crippen molar-refractivity contribution in [3.8, 4) is 11.3 Å². The molecular formula is C21H16ClF3N2O2. The normalized spacial score (nSPS) is 13.3. The van der Waals surface area contributed by atoms with E-state index >= 15 is 0 Å². The Kier molecular flexibility index (Phi) is 4.67. The summed E-state index contributed by atoms with van der Waals surface area (Å²) in [5.41, 5.74) is 2.59. The van der Waals surface area contributed by atoms with E-state index in [1.54, 1.807) is 43.3 Å². The predicted octanol–water partition coefficient (Wildman–Crippen LogP) is 5.03. The van der Waals surface area contributed by atoms with Crippen LogP contribution in [0.5, 0.6) is 0 Å². The van der Waals surface area contributed by atoms with Crippen molar-refractivity contribution in [1.82, 2.24) is 9.55 Å². The van der Waals surface area contributed by atoms with E-state index < -0.39 is 18.8 Å². The van der Waals surface area contributed by atoms with Gasteiger partial charge in [0.25, 0.3) is 0 Å². The molecule has 0 saturated heterocycles. The van der Waals surface area contributed by atoms with Crippen LogP contribution in [0.2, 0.25) is 5.02 Å². The van der Waals surface area contributed by atoms with Gasteiger partial charge in [0, 0.05) is 22.4 Å². The van der Waals surface area contributed by atoms with Crippen LogP contribution < -0.4 is 5.56 Å². The molecule has 4 aromatic rings. The highest BCUT2D eigenvalue weighted by atomic mass is 35.5. The average molecular weight is 421 g/mol. The Balaban J connectivity index is 2.11. The molecule has 0 bridgehead atoms. The van der Waals surface area contributed by atoms with Gasteiger partial charge in [-0.05, 0) is 30.2 Å². The minimum Gasteiger partial charge on any atom is -0.382 e. The maximum Gasteiger partial charge on any atom is 0.416 e. The number of nitrogens with one attached hydrogen (secondary N) is 1. The summed E-state index contributed by atoms with van der Waals surface area (Å²) in [5, 5.41) is 11.2. The van der Waals surface area contributed by atoms with Crippen molar-refractivity contribution < 1.29 is 18.3 Å². The van der Waals surface area contributed by atoms with E-state index in [2.05, 4.69) is 4.98 Å². The third-order valence-electron chi connectivity index (χ3n) is 5.01. The molecule has 2 N–H and O–H groups in total. The fourth-order valence-electron chi connectivity index (χ4n) is 3.78. The topological polar surface area (TPSA) is 58.0 Å². The van der Waals surface area contributed by atoms with Crippen molar-refractivity contribution in [3.05, 3.63) is 69.5 Å². The van der Waals surface area contributed by atoms with Crippen LogP contribution in [-0.2, 0) is 6.54 Å². The maximum absolute atomic E-state index is 13.1. The van der Waals surface area contributed by atoms with Gasteiger partial charge in [0.05, 0.1) is 22.8 Å². The second kappa shape index (κ2) is 6.93. The Bertz CT molecular complexity index is 1280.